The van der Waals surface area contributed by atoms with Gasteiger partial charge in [0, 0.05) is 10.6 Å². The van der Waals surface area contributed by atoms with E-state index in [1.54, 1.807) is 55.5 Å². The monoisotopic (exact) mass is 466 g/mol. The average Bonchev–Trinajstić information content (AvgIpc) is 3.44. The summed E-state index contributed by atoms with van der Waals surface area (Å²) in [6.45, 7) is 4.18. The number of nitrogens with zero attached hydrogens (tertiary/aromatic N) is 6. The molecular formula is C21H19ClN8O3. The predicted octanol–water partition coefficient (Wildman–Crippen LogP) is 3.11. The molecule has 0 fully saturated rings. The van der Waals surface area contributed by atoms with Gasteiger partial charge in [0.1, 0.15) is 11.4 Å². The number of hydrogen-bond donors (Lipinski definition) is 2. The maximum atomic E-state index is 13.0. The molecule has 4 rings (SSSR count). The van der Waals surface area contributed by atoms with Gasteiger partial charge < -0.3 is 10.5 Å². The first-order chi connectivity index (χ1) is 16.0. The molecule has 0 unspecified atom stereocenters. The van der Waals surface area contributed by atoms with Crippen LogP contribution in [0.25, 0.3) is 17.1 Å². The molecule has 0 aliphatic carbocycles. The molecule has 0 saturated carbocycles. The number of hydrazone groups is 1. The number of aromatic nitrogens is 5. The predicted molar refractivity (Wildman–Crippen MR) is 121 cm³/mol. The number of ether oxygens (including phenoxy) is 1. The quantitative estimate of drug-likeness (QED) is 0.312. The van der Waals surface area contributed by atoms with Gasteiger partial charge in [0.25, 0.3) is 5.91 Å². The lowest BCUT2D eigenvalue weighted by Gasteiger charge is -2.08. The molecule has 168 valence electrons. The van der Waals surface area contributed by atoms with Gasteiger partial charge in [0.05, 0.1) is 12.3 Å². The number of rotatable bonds is 7. The Bertz CT molecular complexity index is 1300. The minimum Gasteiger partial charge on any atom is -0.494 e. The molecule has 0 saturated heterocycles. The van der Waals surface area contributed by atoms with Crippen molar-refractivity contribution in [2.75, 3.05) is 12.3 Å². The number of carbonyl (C=O) groups excluding carboxylic acids is 1. The van der Waals surface area contributed by atoms with E-state index >= 15 is 0 Å². The summed E-state index contributed by atoms with van der Waals surface area (Å²) in [5, 5.41) is 20.2. The summed E-state index contributed by atoms with van der Waals surface area (Å²) in [4.78, 5) is 13.0. The number of nitrogen functional groups attached to an aromatic ring is 1. The maximum Gasteiger partial charge on any atom is 0.294 e. The van der Waals surface area contributed by atoms with E-state index in [2.05, 4.69) is 35.8 Å². The smallest absolute Gasteiger partial charge is 0.294 e. The normalized spacial score (nSPS) is 11.4. The van der Waals surface area contributed by atoms with Gasteiger partial charge in [-0.3, -0.25) is 4.79 Å². The first-order valence-electron chi connectivity index (χ1n) is 9.85. The van der Waals surface area contributed by atoms with E-state index < -0.39 is 5.91 Å². The Morgan fingerprint density at radius 1 is 1.18 bits per heavy atom. The Labute approximate surface area is 193 Å². The van der Waals surface area contributed by atoms with Crippen molar-refractivity contribution in [1.82, 2.24) is 30.7 Å². The van der Waals surface area contributed by atoms with Crippen LogP contribution in [0.5, 0.6) is 5.75 Å². The number of amides is 1. The zero-order chi connectivity index (χ0) is 23.4. The lowest BCUT2D eigenvalue weighted by molar-refractivity contribution is 0.0950. The van der Waals surface area contributed by atoms with Crippen LogP contribution in [0.1, 0.15) is 29.9 Å². The van der Waals surface area contributed by atoms with Crippen molar-refractivity contribution in [2.45, 2.75) is 13.8 Å². The first kappa shape index (κ1) is 22.0. The van der Waals surface area contributed by atoms with Gasteiger partial charge >= 0.3 is 0 Å². The summed E-state index contributed by atoms with van der Waals surface area (Å²) >= 11 is 5.92. The highest BCUT2D eigenvalue weighted by Gasteiger charge is 2.25. The van der Waals surface area contributed by atoms with Crippen molar-refractivity contribution in [3.05, 3.63) is 64.8 Å². The number of nitrogens with two attached hydrogens (primary N) is 1. The van der Waals surface area contributed by atoms with Crippen LogP contribution in [-0.4, -0.2) is 43.5 Å². The molecule has 0 atom stereocenters. The molecule has 0 bridgehead atoms. The van der Waals surface area contributed by atoms with Crippen LogP contribution in [0, 0.1) is 0 Å². The van der Waals surface area contributed by atoms with Crippen molar-refractivity contribution in [3.63, 3.8) is 0 Å². The zero-order valence-electron chi connectivity index (χ0n) is 17.7. The van der Waals surface area contributed by atoms with Crippen molar-refractivity contribution in [3.8, 4) is 22.8 Å². The standard InChI is InChI=1S/C21H19ClN8O3/c1-3-32-16-10-6-14(7-11-16)18-17(25-29-30(18)20-19(23)27-33-28-20)21(31)26-24-12(2)13-4-8-15(22)9-5-13/h4-11H,3H2,1-2H3,(H2,23,27)(H,26,31). The molecule has 3 N–H and O–H groups in total. The lowest BCUT2D eigenvalue weighted by atomic mass is 10.1. The average molecular weight is 467 g/mol. The molecule has 2 heterocycles. The fourth-order valence-electron chi connectivity index (χ4n) is 3.00. The second-order valence-corrected chi connectivity index (χ2v) is 7.21. The van der Waals surface area contributed by atoms with Gasteiger partial charge in [0.15, 0.2) is 5.69 Å². The number of halogens is 1. The summed E-state index contributed by atoms with van der Waals surface area (Å²) in [5.74, 6) is 0.201. The van der Waals surface area contributed by atoms with Gasteiger partial charge in [-0.2, -0.15) is 9.78 Å². The van der Waals surface area contributed by atoms with Gasteiger partial charge in [-0.05, 0) is 66.1 Å². The molecule has 0 aliphatic rings. The SMILES string of the molecule is CCOc1ccc(-c2c(C(=O)NN=C(C)c3ccc(Cl)cc3)nnn2-c2nonc2N)cc1. The van der Waals surface area contributed by atoms with E-state index in [0.717, 1.165) is 5.56 Å². The van der Waals surface area contributed by atoms with Gasteiger partial charge in [-0.15, -0.1) is 5.10 Å². The molecule has 11 nitrogen and oxygen atoms in total. The van der Waals surface area contributed by atoms with Gasteiger partial charge in [-0.25, -0.2) is 10.1 Å². The zero-order valence-corrected chi connectivity index (χ0v) is 18.4. The molecule has 12 heteroatoms. The van der Waals surface area contributed by atoms with Crippen molar-refractivity contribution in [2.24, 2.45) is 5.10 Å². The first-order valence-corrected chi connectivity index (χ1v) is 10.2. The summed E-state index contributed by atoms with van der Waals surface area (Å²) in [7, 11) is 0. The summed E-state index contributed by atoms with van der Waals surface area (Å²) < 4.78 is 11.5. The molecule has 2 aromatic carbocycles. The van der Waals surface area contributed by atoms with E-state index in [1.807, 2.05) is 6.92 Å². The number of carbonyl (C=O) groups is 1. The second-order valence-electron chi connectivity index (χ2n) is 6.77. The minimum atomic E-state index is -0.575. The van der Waals surface area contributed by atoms with E-state index in [0.29, 0.717) is 34.3 Å². The third-order valence-electron chi connectivity index (χ3n) is 4.61. The number of nitrogens with one attached hydrogen (secondary N) is 1. The molecule has 0 spiro atoms. The van der Waals surface area contributed by atoms with E-state index in [4.69, 9.17) is 22.1 Å². The highest BCUT2D eigenvalue weighted by molar-refractivity contribution is 6.30. The summed E-state index contributed by atoms with van der Waals surface area (Å²) in [6, 6.07) is 14.2. The van der Waals surface area contributed by atoms with Crippen LogP contribution in [-0.2, 0) is 0 Å². The number of hydrogen-bond acceptors (Lipinski definition) is 9. The van der Waals surface area contributed by atoms with E-state index in [-0.39, 0.29) is 17.3 Å². The van der Waals surface area contributed by atoms with Crippen LogP contribution in [0.2, 0.25) is 5.02 Å². The van der Waals surface area contributed by atoms with Crippen molar-refractivity contribution < 1.29 is 14.2 Å². The Hall–Kier alpha value is -4.25. The molecule has 0 radical (unpaired) electrons. The molecule has 1 amide bonds. The number of anilines is 1. The van der Waals surface area contributed by atoms with Crippen LogP contribution in [0.3, 0.4) is 0 Å². The van der Waals surface area contributed by atoms with Crippen molar-refractivity contribution >= 4 is 29.0 Å². The minimum absolute atomic E-state index is 0.00403. The lowest BCUT2D eigenvalue weighted by Crippen LogP contribution is -2.21. The van der Waals surface area contributed by atoms with Gasteiger partial charge in [-0.1, -0.05) is 28.9 Å². The topological polar surface area (TPSA) is 146 Å². The third kappa shape index (κ3) is 4.67. The summed E-state index contributed by atoms with van der Waals surface area (Å²) in [5.41, 5.74) is 10.7. The molecule has 2 aromatic heterocycles. The fraction of sp³-hybridized carbons (Fsp3) is 0.143. The largest absolute Gasteiger partial charge is 0.494 e. The fourth-order valence-corrected chi connectivity index (χ4v) is 3.12. The molecule has 0 aliphatic heterocycles. The molecule has 33 heavy (non-hydrogen) atoms. The van der Waals surface area contributed by atoms with Crippen LogP contribution < -0.4 is 15.9 Å². The van der Waals surface area contributed by atoms with Crippen LogP contribution in [0.15, 0.2) is 58.3 Å². The second kappa shape index (κ2) is 9.49. The summed E-state index contributed by atoms with van der Waals surface area (Å²) in [6.07, 6.45) is 0. The Morgan fingerprint density at radius 2 is 1.91 bits per heavy atom. The highest BCUT2D eigenvalue weighted by Crippen LogP contribution is 2.28. The van der Waals surface area contributed by atoms with Crippen molar-refractivity contribution in [1.29, 1.82) is 0 Å². The van der Waals surface area contributed by atoms with E-state index in [1.165, 1.54) is 4.68 Å². The van der Waals surface area contributed by atoms with Crippen LogP contribution >= 0.6 is 11.6 Å². The Balaban J connectivity index is 1.69. The molecular weight excluding hydrogens is 448 g/mol. The Morgan fingerprint density at radius 3 is 2.55 bits per heavy atom. The molecule has 4 aromatic rings. The maximum absolute atomic E-state index is 13.0. The van der Waals surface area contributed by atoms with E-state index in [9.17, 15) is 4.79 Å². The van der Waals surface area contributed by atoms with Crippen LogP contribution in [0.4, 0.5) is 5.82 Å². The number of benzene rings is 2. The third-order valence-corrected chi connectivity index (χ3v) is 4.86. The van der Waals surface area contributed by atoms with Gasteiger partial charge in [0.2, 0.25) is 11.6 Å². The Kier molecular flexibility index (Phi) is 6.31. The highest BCUT2D eigenvalue weighted by atomic mass is 35.5.